The molecule has 154 valence electrons. The fourth-order valence-electron chi connectivity index (χ4n) is 3.18. The van der Waals surface area contributed by atoms with Crippen molar-refractivity contribution in [2.24, 2.45) is 10.2 Å². The SMILES string of the molecule is COc1ccc(NC(=O)c2cc3ccccc3c(/N=N/c3ccc(C)cc3)c2O)cc1. The summed E-state index contributed by atoms with van der Waals surface area (Å²) >= 11 is 0. The van der Waals surface area contributed by atoms with E-state index in [4.69, 9.17) is 4.74 Å². The van der Waals surface area contributed by atoms with E-state index in [1.807, 2.05) is 55.5 Å². The van der Waals surface area contributed by atoms with Crippen LogP contribution in [0.25, 0.3) is 10.8 Å². The molecular weight excluding hydrogens is 390 g/mol. The number of azo groups is 1. The highest BCUT2D eigenvalue weighted by molar-refractivity contribution is 6.11. The van der Waals surface area contributed by atoms with Crippen LogP contribution in [0.2, 0.25) is 0 Å². The smallest absolute Gasteiger partial charge is 0.259 e. The van der Waals surface area contributed by atoms with Crippen LogP contribution >= 0.6 is 0 Å². The molecule has 0 saturated heterocycles. The Morgan fingerprint density at radius 3 is 2.35 bits per heavy atom. The maximum absolute atomic E-state index is 12.9. The minimum atomic E-state index is -0.444. The van der Waals surface area contributed by atoms with Gasteiger partial charge in [0.15, 0.2) is 5.75 Å². The third kappa shape index (κ3) is 4.38. The fourth-order valence-corrected chi connectivity index (χ4v) is 3.18. The van der Waals surface area contributed by atoms with Gasteiger partial charge in [-0.15, -0.1) is 5.11 Å². The minimum Gasteiger partial charge on any atom is -0.505 e. The number of benzene rings is 4. The number of rotatable bonds is 5. The lowest BCUT2D eigenvalue weighted by atomic mass is 10.0. The summed E-state index contributed by atoms with van der Waals surface area (Å²) in [7, 11) is 1.58. The van der Waals surface area contributed by atoms with Gasteiger partial charge in [0.2, 0.25) is 0 Å². The summed E-state index contributed by atoms with van der Waals surface area (Å²) in [5, 5.41) is 23.7. The number of anilines is 1. The molecule has 0 fully saturated rings. The molecule has 31 heavy (non-hydrogen) atoms. The van der Waals surface area contributed by atoms with E-state index in [0.717, 1.165) is 10.9 Å². The van der Waals surface area contributed by atoms with Crippen LogP contribution in [0.15, 0.2) is 89.1 Å². The number of nitrogens with zero attached hydrogens (tertiary/aromatic N) is 2. The molecule has 2 N–H and O–H groups in total. The largest absolute Gasteiger partial charge is 0.505 e. The fraction of sp³-hybridized carbons (Fsp3) is 0.0800. The first-order valence-electron chi connectivity index (χ1n) is 9.73. The van der Waals surface area contributed by atoms with Crippen LogP contribution in [-0.2, 0) is 0 Å². The van der Waals surface area contributed by atoms with Crippen LogP contribution in [0, 0.1) is 6.92 Å². The van der Waals surface area contributed by atoms with Gasteiger partial charge in [-0.3, -0.25) is 4.79 Å². The first-order valence-corrected chi connectivity index (χ1v) is 9.73. The van der Waals surface area contributed by atoms with Crippen LogP contribution in [0.4, 0.5) is 17.1 Å². The highest BCUT2D eigenvalue weighted by Gasteiger charge is 2.18. The molecule has 0 saturated carbocycles. The average Bonchev–Trinajstić information content (AvgIpc) is 2.79. The summed E-state index contributed by atoms with van der Waals surface area (Å²) in [5.41, 5.74) is 2.72. The zero-order valence-electron chi connectivity index (χ0n) is 17.2. The second-order valence-electron chi connectivity index (χ2n) is 7.06. The standard InChI is InChI=1S/C25H21N3O3/c1-16-7-9-19(10-8-16)27-28-23-21-6-4-3-5-17(21)15-22(24(23)29)25(30)26-18-11-13-20(31-2)14-12-18/h3-15,29H,1-2H3,(H,26,30)/b28-27+. The monoisotopic (exact) mass is 411 g/mol. The first kappa shape index (κ1) is 20.1. The van der Waals surface area contributed by atoms with Gasteiger partial charge in [0.05, 0.1) is 18.4 Å². The molecule has 0 spiro atoms. The van der Waals surface area contributed by atoms with Crippen molar-refractivity contribution < 1.29 is 14.6 Å². The number of ether oxygens (including phenoxy) is 1. The van der Waals surface area contributed by atoms with Gasteiger partial charge in [-0.25, -0.2) is 0 Å². The van der Waals surface area contributed by atoms with Gasteiger partial charge in [0.25, 0.3) is 5.91 Å². The molecule has 4 aromatic rings. The van der Waals surface area contributed by atoms with Crippen molar-refractivity contribution in [1.29, 1.82) is 0 Å². The molecule has 0 radical (unpaired) electrons. The Labute approximate surface area is 179 Å². The van der Waals surface area contributed by atoms with Crippen molar-refractivity contribution in [2.75, 3.05) is 12.4 Å². The minimum absolute atomic E-state index is 0.118. The number of aromatic hydroxyl groups is 1. The summed E-state index contributed by atoms with van der Waals surface area (Å²) in [6, 6.07) is 23.6. The van der Waals surface area contributed by atoms with Crippen LogP contribution in [0.3, 0.4) is 0 Å². The van der Waals surface area contributed by atoms with Gasteiger partial charge in [-0.2, -0.15) is 5.11 Å². The predicted octanol–water partition coefficient (Wildman–Crippen LogP) is 6.53. The van der Waals surface area contributed by atoms with Crippen LogP contribution in [0.5, 0.6) is 11.5 Å². The van der Waals surface area contributed by atoms with Crippen LogP contribution in [0.1, 0.15) is 15.9 Å². The summed E-state index contributed by atoms with van der Waals surface area (Å²) in [6.07, 6.45) is 0. The molecule has 6 heteroatoms. The molecule has 0 aliphatic heterocycles. The van der Waals surface area contributed by atoms with Crippen molar-refractivity contribution in [3.05, 3.63) is 90.0 Å². The molecular formula is C25H21N3O3. The Kier molecular flexibility index (Phi) is 5.62. The number of phenolic OH excluding ortho intramolecular Hbond substituents is 1. The summed E-state index contributed by atoms with van der Waals surface area (Å²) in [4.78, 5) is 12.9. The number of fused-ring (bicyclic) bond motifs is 1. The Balaban J connectivity index is 1.72. The van der Waals surface area contributed by atoms with Gasteiger partial charge in [0.1, 0.15) is 11.4 Å². The van der Waals surface area contributed by atoms with Gasteiger partial charge >= 0.3 is 0 Å². The summed E-state index contributed by atoms with van der Waals surface area (Å²) in [5.74, 6) is 0.0196. The number of aryl methyl sites for hydroxylation is 1. The van der Waals surface area contributed by atoms with Crippen molar-refractivity contribution >= 4 is 33.7 Å². The quantitative estimate of drug-likeness (QED) is 0.366. The number of phenols is 1. The molecule has 0 unspecified atom stereocenters. The molecule has 1 amide bonds. The lowest BCUT2D eigenvalue weighted by Crippen LogP contribution is -2.12. The molecule has 4 aromatic carbocycles. The molecule has 4 rings (SSSR count). The second kappa shape index (κ2) is 8.67. The number of methoxy groups -OCH3 is 1. The zero-order chi connectivity index (χ0) is 21.8. The van der Waals surface area contributed by atoms with E-state index < -0.39 is 5.91 Å². The molecule has 0 aliphatic rings. The van der Waals surface area contributed by atoms with E-state index in [2.05, 4.69) is 15.5 Å². The number of hydrogen-bond donors (Lipinski definition) is 2. The van der Waals surface area contributed by atoms with Crippen molar-refractivity contribution in [3.63, 3.8) is 0 Å². The third-order valence-electron chi connectivity index (χ3n) is 4.89. The predicted molar refractivity (Wildman–Crippen MR) is 122 cm³/mol. The normalized spacial score (nSPS) is 11.0. The number of amides is 1. The highest BCUT2D eigenvalue weighted by atomic mass is 16.5. The van der Waals surface area contributed by atoms with E-state index in [9.17, 15) is 9.90 Å². The van der Waals surface area contributed by atoms with E-state index in [1.54, 1.807) is 37.4 Å². The van der Waals surface area contributed by atoms with Crippen LogP contribution < -0.4 is 10.1 Å². The summed E-state index contributed by atoms with van der Waals surface area (Å²) in [6.45, 7) is 1.99. The number of carbonyl (C=O) groups is 1. The highest BCUT2D eigenvalue weighted by Crippen LogP contribution is 2.39. The molecule has 0 aliphatic carbocycles. The molecule has 6 nitrogen and oxygen atoms in total. The average molecular weight is 411 g/mol. The Bertz CT molecular complexity index is 1260. The summed E-state index contributed by atoms with van der Waals surface area (Å²) < 4.78 is 5.14. The molecule has 0 atom stereocenters. The van der Waals surface area contributed by atoms with Gasteiger partial charge < -0.3 is 15.2 Å². The Morgan fingerprint density at radius 1 is 0.935 bits per heavy atom. The van der Waals surface area contributed by atoms with E-state index in [0.29, 0.717) is 22.5 Å². The van der Waals surface area contributed by atoms with Crippen molar-refractivity contribution in [1.82, 2.24) is 0 Å². The van der Waals surface area contributed by atoms with Crippen molar-refractivity contribution in [3.8, 4) is 11.5 Å². The topological polar surface area (TPSA) is 83.3 Å². The number of hydrogen-bond acceptors (Lipinski definition) is 5. The third-order valence-corrected chi connectivity index (χ3v) is 4.89. The van der Waals surface area contributed by atoms with E-state index in [1.165, 1.54) is 0 Å². The maximum atomic E-state index is 12.9. The molecule has 0 bridgehead atoms. The lowest BCUT2D eigenvalue weighted by Gasteiger charge is -2.11. The van der Waals surface area contributed by atoms with Crippen LogP contribution in [-0.4, -0.2) is 18.1 Å². The van der Waals surface area contributed by atoms with Crippen molar-refractivity contribution in [2.45, 2.75) is 6.92 Å². The van der Waals surface area contributed by atoms with E-state index in [-0.39, 0.29) is 17.0 Å². The Morgan fingerprint density at radius 2 is 1.65 bits per heavy atom. The lowest BCUT2D eigenvalue weighted by molar-refractivity contribution is 0.102. The van der Waals surface area contributed by atoms with Gasteiger partial charge in [0, 0.05) is 11.1 Å². The van der Waals surface area contributed by atoms with Gasteiger partial charge in [-0.1, -0.05) is 42.0 Å². The van der Waals surface area contributed by atoms with E-state index >= 15 is 0 Å². The number of nitrogens with one attached hydrogen (secondary N) is 1. The second-order valence-corrected chi connectivity index (χ2v) is 7.06. The Hall–Kier alpha value is -4.19. The number of carbonyl (C=O) groups excluding carboxylic acids is 1. The molecule has 0 aromatic heterocycles. The first-order chi connectivity index (χ1) is 15.0. The zero-order valence-corrected chi connectivity index (χ0v) is 17.2. The molecule has 0 heterocycles. The van der Waals surface area contributed by atoms with Gasteiger partial charge in [-0.05, 0) is 54.8 Å². The maximum Gasteiger partial charge on any atom is 0.259 e.